The molecule has 0 saturated carbocycles. The molecule has 0 radical (unpaired) electrons. The van der Waals surface area contributed by atoms with Crippen LogP contribution in [-0.4, -0.2) is 8.07 Å². The van der Waals surface area contributed by atoms with E-state index in [0.29, 0.717) is 0 Å². The quantitative estimate of drug-likeness (QED) is 0.545. The number of hydrogen-bond acceptors (Lipinski definition) is 0. The Morgan fingerprint density at radius 3 is 2.10 bits per heavy atom. The summed E-state index contributed by atoms with van der Waals surface area (Å²) in [4.78, 5) is 0. The lowest BCUT2D eigenvalue weighted by Crippen LogP contribution is -2.49. The van der Waals surface area contributed by atoms with Crippen molar-refractivity contribution in [2.75, 3.05) is 0 Å². The maximum Gasteiger partial charge on any atom is 0.113 e. The molecule has 4 rings (SSSR count). The highest BCUT2D eigenvalue weighted by molar-refractivity contribution is 7.04. The van der Waals surface area contributed by atoms with Crippen LogP contribution in [0.4, 0.5) is 0 Å². The smallest absolute Gasteiger partial charge is 0.0616 e. The van der Waals surface area contributed by atoms with Gasteiger partial charge in [0.25, 0.3) is 0 Å². The largest absolute Gasteiger partial charge is 0.113 e. The second-order valence-corrected chi connectivity index (χ2v) is 10.7. The Bertz CT molecular complexity index is 844. The Hall–Kier alpha value is -1.86. The van der Waals surface area contributed by atoms with Crippen LogP contribution in [0.3, 0.4) is 0 Å². The van der Waals surface area contributed by atoms with Gasteiger partial charge in [-0.1, -0.05) is 67.2 Å². The molecule has 0 N–H and O–H groups in total. The standard InChI is InChI=1S/C19H18Si/c1-13-8-9-16-17-11-14-6-4-5-7-15(14)12-19(17)20(2,3)18(16)10-13/h4-12H,1-3H3. The molecular weight excluding hydrogens is 256 g/mol. The third kappa shape index (κ3) is 1.47. The van der Waals surface area contributed by atoms with Gasteiger partial charge in [-0.3, -0.25) is 0 Å². The highest BCUT2D eigenvalue weighted by Gasteiger charge is 2.37. The van der Waals surface area contributed by atoms with Gasteiger partial charge in [-0.05, 0) is 45.3 Å². The Morgan fingerprint density at radius 2 is 1.35 bits per heavy atom. The van der Waals surface area contributed by atoms with Gasteiger partial charge >= 0.3 is 0 Å². The molecule has 0 unspecified atom stereocenters. The van der Waals surface area contributed by atoms with Crippen LogP contribution in [0.2, 0.25) is 13.1 Å². The molecule has 0 bridgehead atoms. The summed E-state index contributed by atoms with van der Waals surface area (Å²) in [5, 5.41) is 5.92. The fourth-order valence-corrected chi connectivity index (χ4v) is 6.70. The van der Waals surface area contributed by atoms with Crippen LogP contribution in [-0.2, 0) is 0 Å². The molecule has 1 aliphatic heterocycles. The monoisotopic (exact) mass is 274 g/mol. The maximum atomic E-state index is 2.48. The van der Waals surface area contributed by atoms with Crippen molar-refractivity contribution in [1.29, 1.82) is 0 Å². The topological polar surface area (TPSA) is 0 Å². The van der Waals surface area contributed by atoms with E-state index in [1.807, 2.05) is 0 Å². The number of rotatable bonds is 0. The number of aryl methyl sites for hydroxylation is 1. The van der Waals surface area contributed by atoms with Crippen LogP contribution in [0.15, 0.2) is 54.6 Å². The summed E-state index contributed by atoms with van der Waals surface area (Å²) in [7, 11) is -1.53. The van der Waals surface area contributed by atoms with Crippen molar-refractivity contribution in [1.82, 2.24) is 0 Å². The SMILES string of the molecule is Cc1ccc2c(c1)[Si](C)(C)c1cc3ccccc3cc1-2. The first kappa shape index (κ1) is 11.9. The van der Waals surface area contributed by atoms with Gasteiger partial charge in [-0.15, -0.1) is 0 Å². The molecule has 20 heavy (non-hydrogen) atoms. The molecule has 1 heteroatoms. The zero-order valence-corrected chi connectivity index (χ0v) is 13.2. The molecule has 0 aromatic heterocycles. The number of benzene rings is 3. The zero-order valence-electron chi connectivity index (χ0n) is 12.2. The summed E-state index contributed by atoms with van der Waals surface area (Å²) in [5.74, 6) is 0. The molecule has 0 aliphatic carbocycles. The van der Waals surface area contributed by atoms with E-state index in [4.69, 9.17) is 0 Å². The second-order valence-electron chi connectivity index (χ2n) is 6.42. The van der Waals surface area contributed by atoms with Crippen LogP contribution >= 0.6 is 0 Å². The van der Waals surface area contributed by atoms with E-state index in [9.17, 15) is 0 Å². The fraction of sp³-hybridized carbons (Fsp3) is 0.158. The lowest BCUT2D eigenvalue weighted by atomic mass is 10.0. The first-order chi connectivity index (χ1) is 9.57. The maximum absolute atomic E-state index is 2.48. The van der Waals surface area contributed by atoms with Crippen LogP contribution in [0.5, 0.6) is 0 Å². The average Bonchev–Trinajstić information content (AvgIpc) is 2.65. The molecule has 0 nitrogen and oxygen atoms in total. The average molecular weight is 274 g/mol. The van der Waals surface area contributed by atoms with E-state index < -0.39 is 8.07 Å². The van der Waals surface area contributed by atoms with Crippen LogP contribution in [0.1, 0.15) is 5.56 Å². The molecule has 0 amide bonds. The minimum absolute atomic E-state index is 1.35. The van der Waals surface area contributed by atoms with E-state index in [2.05, 4.69) is 74.6 Å². The normalized spacial score (nSPS) is 15.2. The van der Waals surface area contributed by atoms with Gasteiger partial charge < -0.3 is 0 Å². The highest BCUT2D eigenvalue weighted by atomic mass is 28.3. The van der Waals surface area contributed by atoms with E-state index in [-0.39, 0.29) is 0 Å². The molecule has 3 aromatic carbocycles. The summed E-state index contributed by atoms with van der Waals surface area (Å²) in [6.07, 6.45) is 0. The van der Waals surface area contributed by atoms with E-state index in [0.717, 1.165) is 0 Å². The molecule has 0 atom stereocenters. The van der Waals surface area contributed by atoms with Crippen LogP contribution < -0.4 is 10.4 Å². The van der Waals surface area contributed by atoms with Crippen molar-refractivity contribution in [3.05, 3.63) is 60.2 Å². The first-order valence-electron chi connectivity index (χ1n) is 7.22. The predicted octanol–water partition coefficient (Wildman–Crippen LogP) is 3.95. The highest BCUT2D eigenvalue weighted by Crippen LogP contribution is 2.31. The molecule has 3 aromatic rings. The molecule has 0 spiro atoms. The summed E-state index contributed by atoms with van der Waals surface area (Å²) in [6.45, 7) is 7.15. The Balaban J connectivity index is 2.12. The molecule has 1 aliphatic rings. The fourth-order valence-electron chi connectivity index (χ4n) is 3.54. The van der Waals surface area contributed by atoms with Gasteiger partial charge in [-0.2, -0.15) is 0 Å². The van der Waals surface area contributed by atoms with E-state index >= 15 is 0 Å². The molecule has 0 fully saturated rings. The third-order valence-electron chi connectivity index (χ3n) is 4.70. The zero-order chi connectivity index (χ0) is 13.9. The molecular formula is C19H18Si. The Kier molecular flexibility index (Phi) is 2.28. The van der Waals surface area contributed by atoms with Crippen LogP contribution in [0, 0.1) is 6.92 Å². The molecule has 98 valence electrons. The van der Waals surface area contributed by atoms with E-state index in [1.165, 1.54) is 27.5 Å². The van der Waals surface area contributed by atoms with Crippen molar-refractivity contribution in [2.24, 2.45) is 0 Å². The predicted molar refractivity (Wildman–Crippen MR) is 90.9 cm³/mol. The lowest BCUT2D eigenvalue weighted by Gasteiger charge is -2.19. The summed E-state index contributed by atoms with van der Waals surface area (Å²) in [6, 6.07) is 20.5. The number of fused-ring (bicyclic) bond motifs is 4. The molecule has 1 heterocycles. The van der Waals surface area contributed by atoms with E-state index in [1.54, 1.807) is 10.4 Å². The van der Waals surface area contributed by atoms with Crippen molar-refractivity contribution >= 4 is 29.2 Å². The van der Waals surface area contributed by atoms with Gasteiger partial charge in [0.2, 0.25) is 0 Å². The molecule has 0 saturated heterocycles. The third-order valence-corrected chi connectivity index (χ3v) is 8.22. The van der Waals surface area contributed by atoms with Crippen molar-refractivity contribution in [2.45, 2.75) is 20.0 Å². The second kappa shape index (κ2) is 3.83. The van der Waals surface area contributed by atoms with Gasteiger partial charge in [0, 0.05) is 0 Å². The Labute approximate surface area is 121 Å². The lowest BCUT2D eigenvalue weighted by molar-refractivity contribution is 1.49. The number of hydrogen-bond donors (Lipinski definition) is 0. The van der Waals surface area contributed by atoms with Gasteiger partial charge in [0.1, 0.15) is 8.07 Å². The first-order valence-corrected chi connectivity index (χ1v) is 10.2. The van der Waals surface area contributed by atoms with Gasteiger partial charge in [-0.25, -0.2) is 0 Å². The van der Waals surface area contributed by atoms with Crippen molar-refractivity contribution in [3.63, 3.8) is 0 Å². The van der Waals surface area contributed by atoms with Crippen molar-refractivity contribution in [3.8, 4) is 11.1 Å². The Morgan fingerprint density at radius 1 is 0.700 bits per heavy atom. The van der Waals surface area contributed by atoms with Crippen molar-refractivity contribution < 1.29 is 0 Å². The minimum Gasteiger partial charge on any atom is -0.0616 e. The minimum atomic E-state index is -1.53. The summed E-state index contributed by atoms with van der Waals surface area (Å²) >= 11 is 0. The van der Waals surface area contributed by atoms with Gasteiger partial charge in [0.05, 0.1) is 0 Å². The van der Waals surface area contributed by atoms with Gasteiger partial charge in [0.15, 0.2) is 0 Å². The summed E-state index contributed by atoms with van der Waals surface area (Å²) < 4.78 is 0. The summed E-state index contributed by atoms with van der Waals surface area (Å²) in [5.41, 5.74) is 4.31. The van der Waals surface area contributed by atoms with Crippen LogP contribution in [0.25, 0.3) is 21.9 Å².